The summed E-state index contributed by atoms with van der Waals surface area (Å²) in [6.07, 6.45) is 5.16. The number of aromatic nitrogens is 6. The Labute approximate surface area is 171 Å². The number of hydrogen-bond acceptors (Lipinski definition) is 7. The number of aromatic amines is 1. The highest BCUT2D eigenvalue weighted by Crippen LogP contribution is 2.46. The third-order valence-electron chi connectivity index (χ3n) is 5.62. The van der Waals surface area contributed by atoms with Crippen LogP contribution in [0.4, 0.5) is 5.82 Å². The fraction of sp³-hybridized carbons (Fsp3) is 0.238. The first-order valence-electron chi connectivity index (χ1n) is 9.52. The van der Waals surface area contributed by atoms with Crippen LogP contribution < -0.4 is 5.73 Å². The van der Waals surface area contributed by atoms with Gasteiger partial charge < -0.3 is 5.73 Å². The lowest BCUT2D eigenvalue weighted by molar-refractivity contribution is 0.0884. The molecule has 0 aliphatic heterocycles. The molecule has 1 fully saturated rings. The van der Waals surface area contributed by atoms with E-state index in [-0.39, 0.29) is 5.92 Å². The highest BCUT2D eigenvalue weighted by molar-refractivity contribution is 5.93. The molecular formula is C21H17N9. The number of rotatable bonds is 4. The molecule has 0 bridgehead atoms. The molecule has 3 N–H and O–H groups in total. The number of H-pyrrole nitrogens is 1. The smallest absolute Gasteiger partial charge is 0.119 e. The summed E-state index contributed by atoms with van der Waals surface area (Å²) in [5.41, 5.74) is 8.73. The summed E-state index contributed by atoms with van der Waals surface area (Å²) in [5.74, 6) is 0.414. The maximum atomic E-state index is 9.30. The van der Waals surface area contributed by atoms with Crippen LogP contribution >= 0.6 is 0 Å². The zero-order chi connectivity index (χ0) is 20.7. The van der Waals surface area contributed by atoms with E-state index in [0.717, 1.165) is 10.9 Å². The third-order valence-corrected chi connectivity index (χ3v) is 5.62. The molecule has 1 aliphatic rings. The van der Waals surface area contributed by atoms with Crippen LogP contribution in [0.3, 0.4) is 0 Å². The molecule has 4 aromatic heterocycles. The number of fused-ring (bicyclic) bond motifs is 1. The largest absolute Gasteiger partial charge is 0.384 e. The van der Waals surface area contributed by atoms with Gasteiger partial charge >= 0.3 is 0 Å². The van der Waals surface area contributed by atoms with Gasteiger partial charge in [-0.3, -0.25) is 14.8 Å². The van der Waals surface area contributed by atoms with Gasteiger partial charge in [0.2, 0.25) is 0 Å². The van der Waals surface area contributed by atoms with Crippen molar-refractivity contribution in [2.24, 2.45) is 5.92 Å². The van der Waals surface area contributed by atoms with Crippen molar-refractivity contribution in [2.45, 2.75) is 24.8 Å². The minimum atomic E-state index is -0.435. The number of pyridine rings is 2. The quantitative estimate of drug-likeness (QED) is 0.540. The summed E-state index contributed by atoms with van der Waals surface area (Å²) >= 11 is 0. The predicted molar refractivity (Wildman–Crippen MR) is 109 cm³/mol. The van der Waals surface area contributed by atoms with Crippen LogP contribution in [0.1, 0.15) is 19.3 Å². The molecule has 1 saturated carbocycles. The van der Waals surface area contributed by atoms with Crippen LogP contribution in [-0.4, -0.2) is 29.9 Å². The first kappa shape index (κ1) is 17.8. The minimum absolute atomic E-state index is 0.0393. The molecule has 0 radical (unpaired) electrons. The number of nitrogens with two attached hydrogens (primary N) is 1. The molecule has 0 aromatic carbocycles. The van der Waals surface area contributed by atoms with Crippen molar-refractivity contribution in [3.8, 4) is 34.9 Å². The van der Waals surface area contributed by atoms with Gasteiger partial charge in [-0.1, -0.05) is 0 Å². The average molecular weight is 395 g/mol. The number of nitrogen functional groups attached to an aromatic ring is 1. The zero-order valence-electron chi connectivity index (χ0n) is 15.9. The Balaban J connectivity index is 1.62. The van der Waals surface area contributed by atoms with Gasteiger partial charge in [0.15, 0.2) is 0 Å². The van der Waals surface area contributed by atoms with E-state index in [4.69, 9.17) is 15.8 Å². The maximum Gasteiger partial charge on any atom is 0.119 e. The molecular weight excluding hydrogens is 378 g/mol. The lowest BCUT2D eigenvalue weighted by atomic mass is 9.67. The monoisotopic (exact) mass is 395 g/mol. The standard InChI is InChI=1S/C21H17N9/c22-5-4-21(10-13(11-21)12-23)30-7-3-15(29-30)20-14-2-1-6-25-16(14)8-17(26-20)18-9-19(24)28-27-18/h1-3,6-9,13H,4,10-11H2,(H3,24,27,28). The van der Waals surface area contributed by atoms with Crippen molar-refractivity contribution < 1.29 is 0 Å². The number of hydrogen-bond donors (Lipinski definition) is 2. The van der Waals surface area contributed by atoms with Crippen LogP contribution in [0.5, 0.6) is 0 Å². The molecule has 4 heterocycles. The van der Waals surface area contributed by atoms with Crippen molar-refractivity contribution in [1.29, 1.82) is 10.5 Å². The van der Waals surface area contributed by atoms with E-state index < -0.39 is 5.54 Å². The molecule has 4 aromatic rings. The van der Waals surface area contributed by atoms with E-state index in [1.54, 1.807) is 12.3 Å². The second kappa shape index (κ2) is 6.68. The third kappa shape index (κ3) is 2.76. The van der Waals surface area contributed by atoms with Crippen LogP contribution in [0, 0.1) is 28.6 Å². The highest BCUT2D eigenvalue weighted by atomic mass is 15.3. The summed E-state index contributed by atoms with van der Waals surface area (Å²) in [6, 6.07) is 13.8. The van der Waals surface area contributed by atoms with Gasteiger partial charge in [0.25, 0.3) is 0 Å². The molecule has 0 atom stereocenters. The number of nitrogens with zero attached hydrogens (tertiary/aromatic N) is 7. The fourth-order valence-electron chi connectivity index (χ4n) is 4.09. The first-order valence-corrected chi connectivity index (χ1v) is 9.52. The highest BCUT2D eigenvalue weighted by Gasteiger charge is 2.46. The van der Waals surface area contributed by atoms with Crippen molar-refractivity contribution in [3.05, 3.63) is 42.7 Å². The Morgan fingerprint density at radius 3 is 2.80 bits per heavy atom. The molecule has 0 spiro atoms. The minimum Gasteiger partial charge on any atom is -0.384 e. The van der Waals surface area contributed by atoms with Gasteiger partial charge in [0, 0.05) is 23.8 Å². The Hall–Kier alpha value is -4.24. The van der Waals surface area contributed by atoms with Gasteiger partial charge in [-0.25, -0.2) is 4.98 Å². The maximum absolute atomic E-state index is 9.30. The van der Waals surface area contributed by atoms with E-state index in [9.17, 15) is 10.5 Å². The van der Waals surface area contributed by atoms with Crippen molar-refractivity contribution >= 4 is 16.7 Å². The molecule has 9 heteroatoms. The van der Waals surface area contributed by atoms with Gasteiger partial charge in [-0.2, -0.15) is 20.7 Å². The van der Waals surface area contributed by atoms with E-state index >= 15 is 0 Å². The SMILES string of the molecule is N#CCC1(n2ccc(-c3nc(-c4cc(N)[nH]n4)cc4ncccc34)n2)CC(C#N)C1. The normalized spacial score (nSPS) is 20.4. The topological polar surface area (TPSA) is 146 Å². The first-order chi connectivity index (χ1) is 14.6. The molecule has 5 rings (SSSR count). The molecule has 0 unspecified atom stereocenters. The number of nitriles is 2. The van der Waals surface area contributed by atoms with E-state index in [0.29, 0.717) is 47.9 Å². The van der Waals surface area contributed by atoms with Crippen LogP contribution in [-0.2, 0) is 5.54 Å². The van der Waals surface area contributed by atoms with Crippen LogP contribution in [0.2, 0.25) is 0 Å². The Morgan fingerprint density at radius 2 is 2.07 bits per heavy atom. The Bertz CT molecular complexity index is 1330. The fourth-order valence-corrected chi connectivity index (χ4v) is 4.09. The molecule has 1 aliphatic carbocycles. The summed E-state index contributed by atoms with van der Waals surface area (Å²) in [4.78, 5) is 9.27. The summed E-state index contributed by atoms with van der Waals surface area (Å²) < 4.78 is 1.82. The molecule has 30 heavy (non-hydrogen) atoms. The Morgan fingerprint density at radius 1 is 1.20 bits per heavy atom. The Kier molecular flexibility index (Phi) is 3.97. The second-order valence-corrected chi connectivity index (χ2v) is 7.57. The predicted octanol–water partition coefficient (Wildman–Crippen LogP) is 3.01. The molecule has 0 saturated heterocycles. The average Bonchev–Trinajstić information content (AvgIpc) is 3.39. The van der Waals surface area contributed by atoms with Crippen molar-refractivity contribution in [3.63, 3.8) is 0 Å². The van der Waals surface area contributed by atoms with Gasteiger partial charge in [0.05, 0.1) is 41.2 Å². The van der Waals surface area contributed by atoms with E-state index in [1.165, 1.54) is 0 Å². The van der Waals surface area contributed by atoms with Crippen LogP contribution in [0.25, 0.3) is 33.7 Å². The zero-order valence-corrected chi connectivity index (χ0v) is 15.9. The van der Waals surface area contributed by atoms with Crippen molar-refractivity contribution in [2.75, 3.05) is 5.73 Å². The van der Waals surface area contributed by atoms with Crippen molar-refractivity contribution in [1.82, 2.24) is 29.9 Å². The van der Waals surface area contributed by atoms with Gasteiger partial charge in [-0.05, 0) is 37.1 Å². The summed E-state index contributed by atoms with van der Waals surface area (Å²) in [5, 5.41) is 31.0. The van der Waals surface area contributed by atoms with Gasteiger partial charge in [-0.15, -0.1) is 0 Å². The number of anilines is 1. The lowest BCUT2D eigenvalue weighted by Gasteiger charge is -2.43. The molecule has 9 nitrogen and oxygen atoms in total. The second-order valence-electron chi connectivity index (χ2n) is 7.57. The summed E-state index contributed by atoms with van der Waals surface area (Å²) in [6.45, 7) is 0. The number of nitrogens with one attached hydrogen (secondary N) is 1. The molecule has 0 amide bonds. The van der Waals surface area contributed by atoms with E-state index in [2.05, 4.69) is 27.3 Å². The lowest BCUT2D eigenvalue weighted by Crippen LogP contribution is -2.46. The van der Waals surface area contributed by atoms with E-state index in [1.807, 2.05) is 35.1 Å². The van der Waals surface area contributed by atoms with Crippen LogP contribution in [0.15, 0.2) is 42.7 Å². The molecule has 146 valence electrons. The summed E-state index contributed by atoms with van der Waals surface area (Å²) in [7, 11) is 0. The van der Waals surface area contributed by atoms with Gasteiger partial charge in [0.1, 0.15) is 22.9 Å².